The van der Waals surface area contributed by atoms with Gasteiger partial charge in [0.2, 0.25) is 0 Å². The highest BCUT2D eigenvalue weighted by molar-refractivity contribution is 5.96. The van der Waals surface area contributed by atoms with Gasteiger partial charge in [0.15, 0.2) is 11.9 Å². The van der Waals surface area contributed by atoms with E-state index in [9.17, 15) is 14.7 Å². The van der Waals surface area contributed by atoms with Crippen LogP contribution in [0.2, 0.25) is 0 Å². The molecule has 1 atom stereocenters. The van der Waals surface area contributed by atoms with Gasteiger partial charge < -0.3 is 10.2 Å². The van der Waals surface area contributed by atoms with Gasteiger partial charge in [0.05, 0.1) is 0 Å². The van der Waals surface area contributed by atoms with Crippen molar-refractivity contribution in [3.8, 4) is 0 Å². The highest BCUT2D eigenvalue weighted by Crippen LogP contribution is 2.15. The van der Waals surface area contributed by atoms with Crippen molar-refractivity contribution in [2.75, 3.05) is 0 Å². The van der Waals surface area contributed by atoms with Crippen LogP contribution in [0.5, 0.6) is 0 Å². The molecule has 0 spiro atoms. The molecule has 0 amide bonds. The van der Waals surface area contributed by atoms with Gasteiger partial charge in [-0.25, -0.2) is 4.79 Å². The first-order valence-corrected chi connectivity index (χ1v) is 6.10. The van der Waals surface area contributed by atoms with Crippen molar-refractivity contribution in [2.45, 2.75) is 38.7 Å². The van der Waals surface area contributed by atoms with Gasteiger partial charge in [-0.3, -0.25) is 4.79 Å². The molecule has 0 saturated heterocycles. The number of ketones is 1. The number of Topliss-reactive ketones (excluding diaryl/α,β-unsaturated/α-hetero) is 1. The molecule has 0 saturated carbocycles. The zero-order chi connectivity index (χ0) is 13.5. The summed E-state index contributed by atoms with van der Waals surface area (Å²) in [5, 5.41) is 18.0. The van der Waals surface area contributed by atoms with Crippen molar-refractivity contribution in [1.82, 2.24) is 0 Å². The summed E-state index contributed by atoms with van der Waals surface area (Å²) in [4.78, 5) is 22.3. The number of carboxylic acid groups (broad SMARTS) is 1. The molecule has 4 nitrogen and oxygen atoms in total. The highest BCUT2D eigenvalue weighted by atomic mass is 16.4. The Balaban J connectivity index is 2.65. The topological polar surface area (TPSA) is 74.6 Å². The number of aliphatic hydroxyl groups is 1. The van der Waals surface area contributed by atoms with E-state index in [-0.39, 0.29) is 11.3 Å². The number of aliphatic carboxylic acids is 1. The van der Waals surface area contributed by atoms with Crippen molar-refractivity contribution >= 4 is 11.8 Å². The van der Waals surface area contributed by atoms with Crippen LogP contribution >= 0.6 is 0 Å². The molecule has 0 aromatic heterocycles. The molecule has 2 N–H and O–H groups in total. The second-order valence-electron chi connectivity index (χ2n) is 4.24. The quantitative estimate of drug-likeness (QED) is 0.576. The van der Waals surface area contributed by atoms with Crippen LogP contribution in [0.1, 0.15) is 54.6 Å². The molecular formula is C14H18O4. The van der Waals surface area contributed by atoms with E-state index in [1.807, 2.05) is 0 Å². The zero-order valence-electron chi connectivity index (χ0n) is 10.4. The number of rotatable bonds is 7. The SMILES string of the molecule is CCCCCC(=O)c1ccc(C(O)C(=O)O)cc1. The Morgan fingerprint density at radius 3 is 2.28 bits per heavy atom. The van der Waals surface area contributed by atoms with Gasteiger partial charge in [-0.2, -0.15) is 0 Å². The Morgan fingerprint density at radius 1 is 1.17 bits per heavy atom. The Morgan fingerprint density at radius 2 is 1.78 bits per heavy atom. The van der Waals surface area contributed by atoms with E-state index in [4.69, 9.17) is 5.11 Å². The summed E-state index contributed by atoms with van der Waals surface area (Å²) < 4.78 is 0. The molecule has 1 unspecified atom stereocenters. The minimum Gasteiger partial charge on any atom is -0.479 e. The molecule has 0 heterocycles. The number of carbonyl (C=O) groups is 2. The summed E-state index contributed by atoms with van der Waals surface area (Å²) in [6.45, 7) is 2.08. The summed E-state index contributed by atoms with van der Waals surface area (Å²) in [7, 11) is 0. The van der Waals surface area contributed by atoms with E-state index >= 15 is 0 Å². The summed E-state index contributed by atoms with van der Waals surface area (Å²) in [5.41, 5.74) is 0.847. The number of carbonyl (C=O) groups excluding carboxylic acids is 1. The molecular weight excluding hydrogens is 232 g/mol. The third kappa shape index (κ3) is 3.96. The van der Waals surface area contributed by atoms with Gasteiger partial charge in [0.25, 0.3) is 0 Å². The van der Waals surface area contributed by atoms with Crippen molar-refractivity contribution in [3.05, 3.63) is 35.4 Å². The van der Waals surface area contributed by atoms with E-state index < -0.39 is 12.1 Å². The van der Waals surface area contributed by atoms with Crippen LogP contribution in [-0.4, -0.2) is 22.0 Å². The lowest BCUT2D eigenvalue weighted by atomic mass is 10.0. The van der Waals surface area contributed by atoms with Gasteiger partial charge in [0.1, 0.15) is 0 Å². The molecule has 0 aliphatic heterocycles. The van der Waals surface area contributed by atoms with Crippen LogP contribution in [0.3, 0.4) is 0 Å². The first-order valence-electron chi connectivity index (χ1n) is 6.10. The standard InChI is InChI=1S/C14H18O4/c1-2-3-4-5-12(15)10-6-8-11(9-7-10)13(16)14(17)18/h6-9,13,16H,2-5H2,1H3,(H,17,18). The normalized spacial score (nSPS) is 12.1. The highest BCUT2D eigenvalue weighted by Gasteiger charge is 2.16. The maximum atomic E-state index is 11.8. The molecule has 4 heteroatoms. The van der Waals surface area contributed by atoms with Crippen molar-refractivity contribution in [1.29, 1.82) is 0 Å². The smallest absolute Gasteiger partial charge is 0.337 e. The van der Waals surface area contributed by atoms with Crippen LogP contribution in [0.15, 0.2) is 24.3 Å². The molecule has 1 aromatic carbocycles. The number of unbranched alkanes of at least 4 members (excludes halogenated alkanes) is 2. The number of hydrogen-bond acceptors (Lipinski definition) is 3. The lowest BCUT2D eigenvalue weighted by Crippen LogP contribution is -2.10. The number of aliphatic hydroxyl groups excluding tert-OH is 1. The van der Waals surface area contributed by atoms with Crippen LogP contribution in [-0.2, 0) is 4.79 Å². The molecule has 1 rings (SSSR count). The first-order chi connectivity index (χ1) is 8.56. The average Bonchev–Trinajstić information content (AvgIpc) is 2.38. The maximum absolute atomic E-state index is 11.8. The predicted octanol–water partition coefficient (Wildman–Crippen LogP) is 2.57. The Kier molecular flexibility index (Phi) is 5.52. The fourth-order valence-electron chi connectivity index (χ4n) is 1.67. The fourth-order valence-corrected chi connectivity index (χ4v) is 1.67. The lowest BCUT2D eigenvalue weighted by molar-refractivity contribution is -0.146. The summed E-state index contributed by atoms with van der Waals surface area (Å²) in [6.07, 6.45) is 1.94. The average molecular weight is 250 g/mol. The predicted molar refractivity (Wildman–Crippen MR) is 67.5 cm³/mol. The third-order valence-corrected chi connectivity index (χ3v) is 2.79. The number of carboxylic acids is 1. The van der Waals surface area contributed by atoms with Gasteiger partial charge in [0, 0.05) is 12.0 Å². The van der Waals surface area contributed by atoms with Gasteiger partial charge in [-0.15, -0.1) is 0 Å². The Bertz CT molecular complexity index is 408. The summed E-state index contributed by atoms with van der Waals surface area (Å²) in [6, 6.07) is 6.09. The zero-order valence-corrected chi connectivity index (χ0v) is 10.4. The molecule has 0 fully saturated rings. The van der Waals surface area contributed by atoms with E-state index in [1.54, 1.807) is 12.1 Å². The van der Waals surface area contributed by atoms with E-state index in [0.29, 0.717) is 12.0 Å². The van der Waals surface area contributed by atoms with Crippen LogP contribution in [0.4, 0.5) is 0 Å². The number of benzene rings is 1. The van der Waals surface area contributed by atoms with Crippen LogP contribution in [0.25, 0.3) is 0 Å². The van der Waals surface area contributed by atoms with Crippen LogP contribution < -0.4 is 0 Å². The molecule has 0 bridgehead atoms. The van der Waals surface area contributed by atoms with E-state index in [2.05, 4.69) is 6.92 Å². The molecule has 18 heavy (non-hydrogen) atoms. The molecule has 0 aliphatic rings. The van der Waals surface area contributed by atoms with E-state index in [1.165, 1.54) is 12.1 Å². The summed E-state index contributed by atoms with van der Waals surface area (Å²) in [5.74, 6) is -1.24. The summed E-state index contributed by atoms with van der Waals surface area (Å²) >= 11 is 0. The van der Waals surface area contributed by atoms with Crippen LogP contribution in [0, 0.1) is 0 Å². The van der Waals surface area contributed by atoms with Crippen molar-refractivity contribution in [2.24, 2.45) is 0 Å². The second kappa shape index (κ2) is 6.91. The molecule has 0 radical (unpaired) electrons. The van der Waals surface area contributed by atoms with E-state index in [0.717, 1.165) is 19.3 Å². The number of hydrogen-bond donors (Lipinski definition) is 2. The monoisotopic (exact) mass is 250 g/mol. The first kappa shape index (κ1) is 14.4. The minimum absolute atomic E-state index is 0.0554. The third-order valence-electron chi connectivity index (χ3n) is 2.79. The minimum atomic E-state index is -1.53. The maximum Gasteiger partial charge on any atom is 0.337 e. The molecule has 0 aliphatic carbocycles. The van der Waals surface area contributed by atoms with Crippen molar-refractivity contribution in [3.63, 3.8) is 0 Å². The van der Waals surface area contributed by atoms with Gasteiger partial charge in [-0.1, -0.05) is 44.0 Å². The molecule has 98 valence electrons. The molecule has 1 aromatic rings. The Hall–Kier alpha value is -1.68. The van der Waals surface area contributed by atoms with Crippen molar-refractivity contribution < 1.29 is 19.8 Å². The van der Waals surface area contributed by atoms with Gasteiger partial charge >= 0.3 is 5.97 Å². The Labute approximate surface area is 106 Å². The van der Waals surface area contributed by atoms with Gasteiger partial charge in [-0.05, 0) is 12.0 Å². The largest absolute Gasteiger partial charge is 0.479 e. The fraction of sp³-hybridized carbons (Fsp3) is 0.429. The second-order valence-corrected chi connectivity index (χ2v) is 4.24. The lowest BCUT2D eigenvalue weighted by Gasteiger charge is -2.06.